The van der Waals surface area contributed by atoms with Gasteiger partial charge in [-0.1, -0.05) is 30.3 Å². The van der Waals surface area contributed by atoms with Gasteiger partial charge in [0.15, 0.2) is 11.5 Å². The van der Waals surface area contributed by atoms with Gasteiger partial charge < -0.3 is 29.2 Å². The Kier molecular flexibility index (Phi) is 8.06. The van der Waals surface area contributed by atoms with Crippen LogP contribution in [0.4, 0.5) is 11.4 Å². The molecule has 11 heteroatoms. The van der Waals surface area contributed by atoms with E-state index in [0.29, 0.717) is 45.5 Å². The first-order valence-electron chi connectivity index (χ1n) is 14.1. The van der Waals surface area contributed by atoms with E-state index in [9.17, 15) is 19.2 Å². The van der Waals surface area contributed by atoms with Crippen LogP contribution in [0.2, 0.25) is 0 Å². The van der Waals surface area contributed by atoms with Gasteiger partial charge in [0, 0.05) is 12.2 Å². The van der Waals surface area contributed by atoms with Gasteiger partial charge in [-0.2, -0.15) is 0 Å². The molecule has 1 atom stereocenters. The van der Waals surface area contributed by atoms with Crippen molar-refractivity contribution < 1.29 is 38.1 Å². The molecule has 0 radical (unpaired) electrons. The van der Waals surface area contributed by atoms with Crippen LogP contribution in [0.5, 0.6) is 23.0 Å². The molecule has 0 saturated heterocycles. The second-order valence-corrected chi connectivity index (χ2v) is 10.3. The molecule has 45 heavy (non-hydrogen) atoms. The van der Waals surface area contributed by atoms with Gasteiger partial charge >= 0.3 is 0 Å². The SMILES string of the molecule is COc1ccc(CN(C(=O)CN2C(=O)C(=O)c3ccccc32)C(C(=O)Nc2ccc(OC)cc2)c2ccc3c(c2)OCO3)cc1. The molecule has 0 aliphatic carbocycles. The molecular formula is C34H29N3O8. The zero-order valence-corrected chi connectivity index (χ0v) is 24.5. The minimum atomic E-state index is -1.18. The number of carbonyl (C=O) groups is 4. The fraction of sp³-hybridized carbons (Fsp3) is 0.176. The van der Waals surface area contributed by atoms with Crippen LogP contribution in [0.15, 0.2) is 91.0 Å². The third-order valence-corrected chi connectivity index (χ3v) is 7.63. The first-order valence-corrected chi connectivity index (χ1v) is 14.1. The van der Waals surface area contributed by atoms with Gasteiger partial charge in [-0.25, -0.2) is 0 Å². The molecular weight excluding hydrogens is 578 g/mol. The van der Waals surface area contributed by atoms with Crippen molar-refractivity contribution in [3.63, 3.8) is 0 Å². The van der Waals surface area contributed by atoms with E-state index in [2.05, 4.69) is 5.32 Å². The van der Waals surface area contributed by atoms with E-state index >= 15 is 0 Å². The highest BCUT2D eigenvalue weighted by Crippen LogP contribution is 2.37. The highest BCUT2D eigenvalue weighted by atomic mass is 16.7. The average molecular weight is 608 g/mol. The Morgan fingerprint density at radius 2 is 1.53 bits per heavy atom. The average Bonchev–Trinajstić information content (AvgIpc) is 3.63. The summed E-state index contributed by atoms with van der Waals surface area (Å²) in [5.41, 5.74) is 2.21. The molecule has 6 rings (SSSR count). The summed E-state index contributed by atoms with van der Waals surface area (Å²) >= 11 is 0. The lowest BCUT2D eigenvalue weighted by atomic mass is 10.0. The summed E-state index contributed by atoms with van der Waals surface area (Å²) < 4.78 is 21.6. The number of benzene rings is 4. The van der Waals surface area contributed by atoms with Gasteiger partial charge in [0.25, 0.3) is 17.6 Å². The van der Waals surface area contributed by atoms with E-state index in [1.54, 1.807) is 105 Å². The standard InChI is InChI=1S/C34H29N3O8/c1-42-24-12-7-21(8-13-24)18-37(30(38)19-36-27-6-4-3-5-26(27)32(39)34(36)41)31(22-9-16-28-29(17-22)45-20-44-28)33(40)35-23-10-14-25(43-2)15-11-23/h3-17,31H,18-20H2,1-2H3,(H,35,40). The fourth-order valence-corrected chi connectivity index (χ4v) is 5.32. The Balaban J connectivity index is 1.40. The predicted octanol–water partition coefficient (Wildman–Crippen LogP) is 4.37. The van der Waals surface area contributed by atoms with Crippen LogP contribution in [-0.2, 0) is 20.9 Å². The van der Waals surface area contributed by atoms with Gasteiger partial charge in [0.2, 0.25) is 12.7 Å². The number of Topliss-reactive ketones (excluding diaryl/α,β-unsaturated/α-hetero) is 1. The smallest absolute Gasteiger partial charge is 0.299 e. The van der Waals surface area contributed by atoms with Crippen LogP contribution < -0.4 is 29.2 Å². The molecule has 1 N–H and O–H groups in total. The highest BCUT2D eigenvalue weighted by molar-refractivity contribution is 6.52. The minimum absolute atomic E-state index is 0.00437. The van der Waals surface area contributed by atoms with Crippen molar-refractivity contribution in [1.82, 2.24) is 4.90 Å². The first kappa shape index (κ1) is 29.2. The molecule has 2 heterocycles. The van der Waals surface area contributed by atoms with Crippen LogP contribution >= 0.6 is 0 Å². The van der Waals surface area contributed by atoms with Crippen molar-refractivity contribution in [3.05, 3.63) is 108 Å². The maximum Gasteiger partial charge on any atom is 0.299 e. The molecule has 1 unspecified atom stereocenters. The third-order valence-electron chi connectivity index (χ3n) is 7.63. The molecule has 0 fully saturated rings. The molecule has 2 aliphatic heterocycles. The van der Waals surface area contributed by atoms with Crippen molar-refractivity contribution in [2.45, 2.75) is 12.6 Å². The summed E-state index contributed by atoms with van der Waals surface area (Å²) in [7, 11) is 3.10. The zero-order valence-electron chi connectivity index (χ0n) is 24.5. The number of hydrogen-bond donors (Lipinski definition) is 1. The van der Waals surface area contributed by atoms with E-state index in [1.807, 2.05) is 0 Å². The topological polar surface area (TPSA) is 124 Å². The normalized spacial score (nSPS) is 13.7. The van der Waals surface area contributed by atoms with Crippen LogP contribution in [0.1, 0.15) is 27.5 Å². The lowest BCUT2D eigenvalue weighted by Gasteiger charge is -2.33. The van der Waals surface area contributed by atoms with Crippen LogP contribution in [0.3, 0.4) is 0 Å². The van der Waals surface area contributed by atoms with Crippen LogP contribution in [0, 0.1) is 0 Å². The van der Waals surface area contributed by atoms with E-state index in [1.165, 1.54) is 4.90 Å². The lowest BCUT2D eigenvalue weighted by Crippen LogP contribution is -2.46. The maximum absolute atomic E-state index is 14.3. The number of ketones is 1. The second-order valence-electron chi connectivity index (χ2n) is 10.3. The number of rotatable bonds is 10. The number of nitrogens with zero attached hydrogens (tertiary/aromatic N) is 2. The second kappa shape index (κ2) is 12.4. The Bertz CT molecular complexity index is 1770. The molecule has 0 bridgehead atoms. The Morgan fingerprint density at radius 3 is 2.24 bits per heavy atom. The summed E-state index contributed by atoms with van der Waals surface area (Å²) in [6.07, 6.45) is 0. The zero-order chi connectivity index (χ0) is 31.5. The fourth-order valence-electron chi connectivity index (χ4n) is 5.32. The van der Waals surface area contributed by atoms with Crippen molar-refractivity contribution in [1.29, 1.82) is 0 Å². The van der Waals surface area contributed by atoms with Crippen LogP contribution in [-0.4, -0.2) is 56.0 Å². The molecule has 0 saturated carbocycles. The number of amides is 3. The van der Waals surface area contributed by atoms with Gasteiger partial charge in [-0.05, 0) is 71.8 Å². The largest absolute Gasteiger partial charge is 0.497 e. The molecule has 2 aliphatic rings. The molecule has 11 nitrogen and oxygen atoms in total. The Hall–Kier alpha value is -5.84. The number of fused-ring (bicyclic) bond motifs is 2. The number of anilines is 2. The molecule has 4 aromatic carbocycles. The van der Waals surface area contributed by atoms with E-state index in [4.69, 9.17) is 18.9 Å². The van der Waals surface area contributed by atoms with Crippen molar-refractivity contribution >= 4 is 34.9 Å². The number of ether oxygens (including phenoxy) is 4. The van der Waals surface area contributed by atoms with Gasteiger partial charge in [-0.3, -0.25) is 24.1 Å². The van der Waals surface area contributed by atoms with E-state index < -0.39 is 36.1 Å². The molecule has 0 spiro atoms. The highest BCUT2D eigenvalue weighted by Gasteiger charge is 2.39. The predicted molar refractivity (Wildman–Crippen MR) is 164 cm³/mol. The quantitative estimate of drug-likeness (QED) is 0.264. The molecule has 3 amide bonds. The number of carbonyl (C=O) groups excluding carboxylic acids is 4. The summed E-state index contributed by atoms with van der Waals surface area (Å²) in [6.45, 7) is -0.440. The first-order chi connectivity index (χ1) is 21.9. The van der Waals surface area contributed by atoms with Crippen molar-refractivity contribution in [2.75, 3.05) is 37.8 Å². The van der Waals surface area contributed by atoms with Gasteiger partial charge in [-0.15, -0.1) is 0 Å². The number of para-hydroxylation sites is 1. The van der Waals surface area contributed by atoms with Gasteiger partial charge in [0.1, 0.15) is 24.1 Å². The van der Waals surface area contributed by atoms with Gasteiger partial charge in [0.05, 0.1) is 25.5 Å². The number of hydrogen-bond acceptors (Lipinski definition) is 8. The number of nitrogens with one attached hydrogen (secondary N) is 1. The molecule has 4 aromatic rings. The third kappa shape index (κ3) is 5.87. The molecule has 228 valence electrons. The summed E-state index contributed by atoms with van der Waals surface area (Å²) in [5.74, 6) is -0.386. The van der Waals surface area contributed by atoms with Crippen LogP contribution in [0.25, 0.3) is 0 Å². The monoisotopic (exact) mass is 607 g/mol. The summed E-state index contributed by atoms with van der Waals surface area (Å²) in [6, 6.07) is 24.2. The number of methoxy groups -OCH3 is 2. The molecule has 0 aromatic heterocycles. The summed E-state index contributed by atoms with van der Waals surface area (Å²) in [5, 5.41) is 2.91. The van der Waals surface area contributed by atoms with E-state index in [-0.39, 0.29) is 18.9 Å². The van der Waals surface area contributed by atoms with E-state index in [0.717, 1.165) is 4.90 Å². The lowest BCUT2D eigenvalue weighted by molar-refractivity contribution is -0.139. The Labute approximate surface area is 258 Å². The van der Waals surface area contributed by atoms with Crippen molar-refractivity contribution in [2.24, 2.45) is 0 Å². The minimum Gasteiger partial charge on any atom is -0.497 e. The Morgan fingerprint density at radius 1 is 0.867 bits per heavy atom. The summed E-state index contributed by atoms with van der Waals surface area (Å²) in [4.78, 5) is 56.8. The maximum atomic E-state index is 14.3. The van der Waals surface area contributed by atoms with Crippen molar-refractivity contribution in [3.8, 4) is 23.0 Å².